The van der Waals surface area contributed by atoms with Crippen molar-refractivity contribution in [2.24, 2.45) is 0 Å². The molecule has 1 aliphatic heterocycles. The molecule has 0 aromatic carbocycles. The van der Waals surface area contributed by atoms with E-state index in [4.69, 9.17) is 0 Å². The van der Waals surface area contributed by atoms with Crippen LogP contribution in [0.2, 0.25) is 0 Å². The molecular formula is C21H20N4O4. The van der Waals surface area contributed by atoms with Gasteiger partial charge in [-0.3, -0.25) is 23.9 Å². The van der Waals surface area contributed by atoms with Gasteiger partial charge in [0.25, 0.3) is 17.4 Å². The van der Waals surface area contributed by atoms with Gasteiger partial charge in [0.1, 0.15) is 23.3 Å². The molecule has 8 nitrogen and oxygen atoms in total. The molecule has 0 bridgehead atoms. The van der Waals surface area contributed by atoms with Crippen LogP contribution in [0, 0.1) is 29.6 Å². The Hall–Kier alpha value is -3.91. The van der Waals surface area contributed by atoms with Gasteiger partial charge in [0.15, 0.2) is 0 Å². The highest BCUT2D eigenvalue weighted by Crippen LogP contribution is 2.26. The van der Waals surface area contributed by atoms with Crippen LogP contribution in [0.3, 0.4) is 0 Å². The average molecular weight is 392 g/mol. The molecule has 148 valence electrons. The third kappa shape index (κ3) is 3.48. The molecule has 1 N–H and O–H groups in total. The molecular weight excluding hydrogens is 372 g/mol. The second kappa shape index (κ2) is 8.41. The number of aromatic hydroxyl groups is 1. The number of rotatable bonds is 4. The quantitative estimate of drug-likeness (QED) is 0.616. The fraction of sp³-hybridized carbons (Fsp3) is 0.286. The van der Waals surface area contributed by atoms with E-state index in [0.29, 0.717) is 5.56 Å². The van der Waals surface area contributed by atoms with Crippen LogP contribution >= 0.6 is 0 Å². The minimum atomic E-state index is -0.624. The Labute approximate surface area is 167 Å². The lowest BCUT2D eigenvalue weighted by molar-refractivity contribution is -0.140. The van der Waals surface area contributed by atoms with E-state index in [1.54, 1.807) is 20.8 Å². The molecule has 29 heavy (non-hydrogen) atoms. The fourth-order valence-corrected chi connectivity index (χ4v) is 3.15. The summed E-state index contributed by atoms with van der Waals surface area (Å²) < 4.78 is 1.08. The Balaban J connectivity index is 2.63. The summed E-state index contributed by atoms with van der Waals surface area (Å²) in [6, 6.07) is 3.69. The summed E-state index contributed by atoms with van der Waals surface area (Å²) in [7, 11) is 0. The number of imide groups is 1. The summed E-state index contributed by atoms with van der Waals surface area (Å²) >= 11 is 0. The highest BCUT2D eigenvalue weighted by molar-refractivity contribution is 6.18. The second-order valence-electron chi connectivity index (χ2n) is 6.30. The fourth-order valence-electron chi connectivity index (χ4n) is 3.15. The molecule has 2 amide bonds. The molecule has 0 fully saturated rings. The number of aromatic nitrogens is 1. The van der Waals surface area contributed by atoms with Gasteiger partial charge in [-0.1, -0.05) is 6.08 Å². The lowest BCUT2D eigenvalue weighted by Crippen LogP contribution is -2.42. The summed E-state index contributed by atoms with van der Waals surface area (Å²) in [5.41, 5.74) is 0.299. The van der Waals surface area contributed by atoms with Crippen molar-refractivity contribution in [2.45, 2.75) is 34.2 Å². The molecule has 0 aliphatic carbocycles. The monoisotopic (exact) mass is 392 g/mol. The van der Waals surface area contributed by atoms with E-state index in [1.807, 2.05) is 12.1 Å². The van der Waals surface area contributed by atoms with Crippen molar-refractivity contribution in [3.05, 3.63) is 55.9 Å². The maximum absolute atomic E-state index is 12.6. The third-order valence-electron chi connectivity index (χ3n) is 4.83. The Morgan fingerprint density at radius 2 is 1.69 bits per heavy atom. The van der Waals surface area contributed by atoms with Crippen LogP contribution in [0.15, 0.2) is 33.7 Å². The van der Waals surface area contributed by atoms with Crippen molar-refractivity contribution in [1.29, 1.82) is 10.5 Å². The van der Waals surface area contributed by atoms with E-state index in [0.717, 1.165) is 9.47 Å². The lowest BCUT2D eigenvalue weighted by Gasteiger charge is -2.25. The Kier molecular flexibility index (Phi) is 6.20. The number of allylic oxidation sites excluding steroid dienone is 2. The highest BCUT2D eigenvalue weighted by Gasteiger charge is 2.34. The first-order valence-electron chi connectivity index (χ1n) is 8.97. The van der Waals surface area contributed by atoms with E-state index in [2.05, 4.69) is 0 Å². The zero-order valence-corrected chi connectivity index (χ0v) is 16.6. The molecule has 0 radical (unpaired) electrons. The van der Waals surface area contributed by atoms with Crippen molar-refractivity contribution >= 4 is 17.9 Å². The summed E-state index contributed by atoms with van der Waals surface area (Å²) in [4.78, 5) is 38.0. The van der Waals surface area contributed by atoms with E-state index in [1.165, 1.54) is 25.2 Å². The number of nitriles is 2. The number of hydrogen-bond acceptors (Lipinski definition) is 6. The van der Waals surface area contributed by atoms with Crippen LogP contribution in [-0.4, -0.2) is 32.9 Å². The maximum atomic E-state index is 12.6. The zero-order chi connectivity index (χ0) is 21.9. The lowest BCUT2D eigenvalue weighted by atomic mass is 9.95. The van der Waals surface area contributed by atoms with Crippen LogP contribution in [0.25, 0.3) is 6.08 Å². The van der Waals surface area contributed by atoms with Gasteiger partial charge in [-0.05, 0) is 51.0 Å². The summed E-state index contributed by atoms with van der Waals surface area (Å²) in [6.07, 6.45) is 4.39. The van der Waals surface area contributed by atoms with E-state index in [9.17, 15) is 30.0 Å². The number of nitrogens with zero attached hydrogens (tertiary/aromatic N) is 4. The topological polar surface area (TPSA) is 127 Å². The summed E-state index contributed by atoms with van der Waals surface area (Å²) in [5, 5.41) is 28.9. The molecule has 0 atom stereocenters. The molecule has 0 unspecified atom stereocenters. The van der Waals surface area contributed by atoms with Gasteiger partial charge in [-0.2, -0.15) is 10.5 Å². The average Bonchev–Trinajstić information content (AvgIpc) is 2.68. The SMILES string of the molecule is CCN1C(=O)C(C#N)=C(C)/C(=C/C=C/c2c(C)c(C#N)c(=O)n(CC)c2O)C1=O. The van der Waals surface area contributed by atoms with E-state index in [-0.39, 0.29) is 46.8 Å². The van der Waals surface area contributed by atoms with Crippen molar-refractivity contribution in [1.82, 2.24) is 9.47 Å². The standard InChI is InChI=1S/C21H20N4O4/c1-5-24-18(26)14(12(3)16(10-22)20(24)28)8-7-9-15-13(4)17(11-23)21(29)25(6-2)19(15)27/h7-9,26H,5-6H2,1-4H3/b8-7+,15-9-. The van der Waals surface area contributed by atoms with Crippen LogP contribution in [0.5, 0.6) is 5.88 Å². The minimum absolute atomic E-state index is 0.0729. The molecule has 0 spiro atoms. The largest absolute Gasteiger partial charge is 0.494 e. The number of carbonyl (C=O) groups is 2. The number of carbonyl (C=O) groups excluding carboxylic acids is 2. The van der Waals surface area contributed by atoms with Crippen molar-refractivity contribution < 1.29 is 14.7 Å². The van der Waals surface area contributed by atoms with Gasteiger partial charge in [0, 0.05) is 24.2 Å². The first kappa shape index (κ1) is 21.4. The molecule has 1 aliphatic rings. The van der Waals surface area contributed by atoms with E-state index < -0.39 is 17.4 Å². The molecule has 1 aromatic heterocycles. The maximum Gasteiger partial charge on any atom is 0.271 e. The van der Waals surface area contributed by atoms with Crippen LogP contribution in [-0.2, 0) is 16.1 Å². The van der Waals surface area contributed by atoms with Crippen molar-refractivity contribution in [2.75, 3.05) is 6.54 Å². The highest BCUT2D eigenvalue weighted by atomic mass is 16.3. The first-order valence-corrected chi connectivity index (χ1v) is 8.97. The number of likely N-dealkylation sites (N-methyl/N-ethyl adjacent to an activating group) is 1. The molecule has 0 saturated heterocycles. The predicted molar refractivity (Wildman–Crippen MR) is 105 cm³/mol. The second-order valence-corrected chi connectivity index (χ2v) is 6.30. The normalized spacial score (nSPS) is 15.9. The van der Waals surface area contributed by atoms with Crippen LogP contribution < -0.4 is 5.56 Å². The smallest absolute Gasteiger partial charge is 0.271 e. The van der Waals surface area contributed by atoms with Gasteiger partial charge in [-0.15, -0.1) is 0 Å². The first-order chi connectivity index (χ1) is 13.7. The molecule has 8 heteroatoms. The summed E-state index contributed by atoms with van der Waals surface area (Å²) in [5.74, 6) is -1.43. The van der Waals surface area contributed by atoms with Crippen molar-refractivity contribution in [3.63, 3.8) is 0 Å². The predicted octanol–water partition coefficient (Wildman–Crippen LogP) is 1.92. The van der Waals surface area contributed by atoms with Gasteiger partial charge >= 0.3 is 0 Å². The van der Waals surface area contributed by atoms with Gasteiger partial charge in [-0.25, -0.2) is 0 Å². The van der Waals surface area contributed by atoms with Crippen LogP contribution in [0.4, 0.5) is 0 Å². The van der Waals surface area contributed by atoms with Gasteiger partial charge in [0.05, 0.1) is 0 Å². The molecule has 0 saturated carbocycles. The molecule has 2 rings (SSSR count). The Morgan fingerprint density at radius 3 is 2.21 bits per heavy atom. The number of amides is 2. The molecule has 1 aromatic rings. The van der Waals surface area contributed by atoms with Gasteiger partial charge < -0.3 is 5.11 Å². The van der Waals surface area contributed by atoms with Crippen LogP contribution in [0.1, 0.15) is 37.5 Å². The van der Waals surface area contributed by atoms with E-state index >= 15 is 0 Å². The summed E-state index contributed by atoms with van der Waals surface area (Å²) in [6.45, 7) is 6.69. The van der Waals surface area contributed by atoms with Crippen molar-refractivity contribution in [3.8, 4) is 18.0 Å². The Morgan fingerprint density at radius 1 is 1.03 bits per heavy atom. The zero-order valence-electron chi connectivity index (χ0n) is 16.6. The molecule has 2 heterocycles. The number of hydrogen-bond donors (Lipinski definition) is 1. The third-order valence-corrected chi connectivity index (χ3v) is 4.83. The van der Waals surface area contributed by atoms with Gasteiger partial charge in [0.2, 0.25) is 5.88 Å². The minimum Gasteiger partial charge on any atom is -0.494 e. The number of pyridine rings is 1. The Bertz CT molecular complexity index is 1140.